The topological polar surface area (TPSA) is 54.5 Å². The van der Waals surface area contributed by atoms with Crippen molar-refractivity contribution in [2.45, 2.75) is 19.3 Å². The summed E-state index contributed by atoms with van der Waals surface area (Å²) in [5, 5.41) is 18.2. The molecule has 12 rings (SSSR count). The Morgan fingerprint density at radius 1 is 0.469 bits per heavy atom. The first-order valence-corrected chi connectivity index (χ1v) is 21.9. The van der Waals surface area contributed by atoms with Gasteiger partial charge in [0, 0.05) is 50.5 Å². The first-order chi connectivity index (χ1) is 31.6. The van der Waals surface area contributed by atoms with Crippen LogP contribution in [0.2, 0.25) is 0 Å². The number of benzene rings is 9. The van der Waals surface area contributed by atoms with Crippen LogP contribution in [-0.2, 0) is 0 Å². The number of allylic oxidation sites excluding steroid dienone is 1. The molecule has 64 heavy (non-hydrogen) atoms. The Morgan fingerprint density at radius 3 is 1.59 bits per heavy atom. The molecule has 0 fully saturated rings. The normalized spacial score (nSPS) is 13.6. The Labute approximate surface area is 371 Å². The summed E-state index contributed by atoms with van der Waals surface area (Å²) in [7, 11) is 0. The van der Waals surface area contributed by atoms with Gasteiger partial charge in [0.15, 0.2) is 5.82 Å². The van der Waals surface area contributed by atoms with Crippen molar-refractivity contribution in [3.8, 4) is 67.9 Å². The minimum absolute atomic E-state index is 0.220. The second kappa shape index (κ2) is 15.2. The number of hydrogen-bond donors (Lipinski definition) is 0. The van der Waals surface area contributed by atoms with E-state index in [2.05, 4.69) is 212 Å². The minimum Gasteiger partial charge on any atom is -0.313 e. The first kappa shape index (κ1) is 37.4. The van der Waals surface area contributed by atoms with Crippen LogP contribution in [0.25, 0.3) is 111 Å². The number of para-hydroxylation sites is 1. The Kier molecular flexibility index (Phi) is 8.88. The molecule has 0 aliphatic heterocycles. The molecule has 11 aromatic rings. The predicted octanol–water partition coefficient (Wildman–Crippen LogP) is 15.6. The number of fused-ring (bicyclic) bond motifs is 8. The quantitative estimate of drug-likeness (QED) is 0.157. The second-order valence-electron chi connectivity index (χ2n) is 16.9. The lowest BCUT2D eigenvalue weighted by Gasteiger charge is -2.21. The van der Waals surface area contributed by atoms with Crippen LogP contribution >= 0.6 is 0 Å². The summed E-state index contributed by atoms with van der Waals surface area (Å²) >= 11 is 0. The second-order valence-corrected chi connectivity index (χ2v) is 16.9. The van der Waals surface area contributed by atoms with Gasteiger partial charge in [0.05, 0.1) is 23.0 Å². The summed E-state index contributed by atoms with van der Waals surface area (Å²) in [5.41, 5.74) is 15.1. The molecule has 0 radical (unpaired) electrons. The van der Waals surface area contributed by atoms with Gasteiger partial charge in [-0.15, -0.1) is 0 Å². The van der Waals surface area contributed by atoms with Gasteiger partial charge < -0.3 is 4.57 Å². The summed E-state index contributed by atoms with van der Waals surface area (Å²) in [6.07, 6.45) is 2.85. The third kappa shape index (κ3) is 6.21. The molecule has 1 unspecified atom stereocenters. The van der Waals surface area contributed by atoms with Crippen LogP contribution in [0.15, 0.2) is 206 Å². The highest BCUT2D eigenvalue weighted by atomic mass is 15.0. The van der Waals surface area contributed by atoms with Gasteiger partial charge in [0.25, 0.3) is 0 Å². The maximum Gasteiger partial charge on any atom is 0.161 e. The van der Waals surface area contributed by atoms with Gasteiger partial charge in [-0.2, -0.15) is 5.26 Å². The van der Waals surface area contributed by atoms with Crippen LogP contribution in [0.3, 0.4) is 0 Å². The highest BCUT2D eigenvalue weighted by Gasteiger charge is 2.27. The number of nitrogens with zero attached hydrogens (tertiary/aromatic N) is 4. The Bertz CT molecular complexity index is 3630. The number of aromatic nitrogens is 3. The van der Waals surface area contributed by atoms with Crippen molar-refractivity contribution in [3.63, 3.8) is 0 Å². The highest BCUT2D eigenvalue weighted by molar-refractivity contribution is 6.23. The van der Waals surface area contributed by atoms with E-state index in [-0.39, 0.29) is 5.92 Å². The monoisotopic (exact) mass is 816 g/mol. The van der Waals surface area contributed by atoms with Crippen LogP contribution in [0.4, 0.5) is 0 Å². The Morgan fingerprint density at radius 2 is 0.984 bits per heavy atom. The lowest BCUT2D eigenvalue weighted by Crippen LogP contribution is -2.09. The van der Waals surface area contributed by atoms with Gasteiger partial charge in [-0.1, -0.05) is 165 Å². The molecule has 2 heterocycles. The molecule has 0 spiro atoms. The maximum atomic E-state index is 9.98. The van der Waals surface area contributed by atoms with E-state index in [0.29, 0.717) is 5.82 Å². The zero-order valence-corrected chi connectivity index (χ0v) is 35.2. The zero-order valence-electron chi connectivity index (χ0n) is 35.2. The molecule has 9 aromatic carbocycles. The van der Waals surface area contributed by atoms with Crippen LogP contribution in [0.5, 0.6) is 0 Å². The molecule has 1 atom stereocenters. The van der Waals surface area contributed by atoms with Crippen molar-refractivity contribution in [2.75, 3.05) is 0 Å². The summed E-state index contributed by atoms with van der Waals surface area (Å²) < 4.78 is 2.39. The number of hydrogen-bond acceptors (Lipinski definition) is 3. The van der Waals surface area contributed by atoms with Gasteiger partial charge in [-0.05, 0) is 110 Å². The zero-order chi connectivity index (χ0) is 42.7. The summed E-state index contributed by atoms with van der Waals surface area (Å²) in [6, 6.07) is 73.8. The van der Waals surface area contributed by atoms with Crippen LogP contribution < -0.4 is 0 Å². The van der Waals surface area contributed by atoms with Gasteiger partial charge in [0.1, 0.15) is 0 Å². The van der Waals surface area contributed by atoms with Crippen molar-refractivity contribution in [2.24, 2.45) is 0 Å². The van der Waals surface area contributed by atoms with E-state index < -0.39 is 0 Å². The summed E-state index contributed by atoms with van der Waals surface area (Å²) in [5.74, 6) is 0.922. The smallest absolute Gasteiger partial charge is 0.161 e. The Balaban J connectivity index is 0.997. The fourth-order valence-corrected chi connectivity index (χ4v) is 10.0. The third-order valence-electron chi connectivity index (χ3n) is 13.0. The fourth-order valence-electron chi connectivity index (χ4n) is 10.0. The molecule has 0 amide bonds. The maximum absolute atomic E-state index is 9.98. The van der Waals surface area contributed by atoms with Gasteiger partial charge in [0.2, 0.25) is 0 Å². The van der Waals surface area contributed by atoms with Crippen molar-refractivity contribution >= 4 is 49.3 Å². The average molecular weight is 817 g/mol. The standard InChI is InChI=1S/C60H40N4/c1-38-31-39(37-61)32-54-53-33-44(29-30-58(53)64(59(38)54)45-19-9-4-10-20-45)40-25-27-41(28-26-40)50-34-51-48-23-13-14-24-49(48)55(35-52(51)47-22-12-11-21-46(47)50)60-62-56(42-15-5-2-6-16-42)36-57(63-60)43-17-7-3-8-18-43/h2-30,32-36,38H,31H2,1H3. The predicted molar refractivity (Wildman–Crippen MR) is 265 cm³/mol. The highest BCUT2D eigenvalue weighted by Crippen LogP contribution is 2.44. The molecule has 0 N–H and O–H groups in total. The van der Waals surface area contributed by atoms with Crippen LogP contribution in [-0.4, -0.2) is 14.5 Å². The van der Waals surface area contributed by atoms with E-state index in [1.54, 1.807) is 0 Å². The molecular weight excluding hydrogens is 777 g/mol. The lowest BCUT2D eigenvalue weighted by molar-refractivity contribution is 0.710. The van der Waals surface area contributed by atoms with Gasteiger partial charge in [-0.25, -0.2) is 9.97 Å². The lowest BCUT2D eigenvalue weighted by atomic mass is 9.88. The molecule has 0 bridgehead atoms. The Hall–Kier alpha value is -8.39. The van der Waals surface area contributed by atoms with Gasteiger partial charge >= 0.3 is 0 Å². The fraction of sp³-hybridized carbons (Fsp3) is 0.0500. The van der Waals surface area contributed by atoms with Gasteiger partial charge in [-0.3, -0.25) is 0 Å². The van der Waals surface area contributed by atoms with Crippen molar-refractivity contribution in [3.05, 3.63) is 217 Å². The molecule has 1 aliphatic rings. The van der Waals surface area contributed by atoms with E-state index in [1.165, 1.54) is 38.2 Å². The van der Waals surface area contributed by atoms with Crippen LogP contribution in [0, 0.1) is 11.3 Å². The number of nitriles is 1. The SMILES string of the molecule is CC1CC(C#N)=Cc2c1n(-c1ccccc1)c1ccc(-c3ccc(-c4cc5c6ccccc6c(-c6nc(-c7ccccc7)cc(-c7ccccc7)n6)cc5c5ccccc45)cc3)cc21. The molecule has 4 heteroatoms. The van der Waals surface area contributed by atoms with E-state index in [0.717, 1.165) is 84.3 Å². The molecule has 4 nitrogen and oxygen atoms in total. The summed E-state index contributed by atoms with van der Waals surface area (Å²) in [4.78, 5) is 10.5. The average Bonchev–Trinajstić information content (AvgIpc) is 3.70. The van der Waals surface area contributed by atoms with E-state index in [9.17, 15) is 5.26 Å². The van der Waals surface area contributed by atoms with E-state index >= 15 is 0 Å². The van der Waals surface area contributed by atoms with Crippen LogP contribution in [0.1, 0.15) is 30.5 Å². The molecule has 0 saturated carbocycles. The first-order valence-electron chi connectivity index (χ1n) is 21.9. The van der Waals surface area contributed by atoms with Crippen molar-refractivity contribution < 1.29 is 0 Å². The molecule has 1 aliphatic carbocycles. The number of rotatable bonds is 6. The van der Waals surface area contributed by atoms with E-state index in [4.69, 9.17) is 9.97 Å². The minimum atomic E-state index is 0.220. The molecule has 2 aromatic heterocycles. The summed E-state index contributed by atoms with van der Waals surface area (Å²) in [6.45, 7) is 2.24. The largest absolute Gasteiger partial charge is 0.313 e. The third-order valence-corrected chi connectivity index (χ3v) is 13.0. The molecule has 0 saturated heterocycles. The molecule has 300 valence electrons. The van der Waals surface area contributed by atoms with E-state index in [1.807, 2.05) is 12.1 Å². The molecular formula is C60H40N4. The van der Waals surface area contributed by atoms with Crippen molar-refractivity contribution in [1.82, 2.24) is 14.5 Å². The van der Waals surface area contributed by atoms with Crippen molar-refractivity contribution in [1.29, 1.82) is 5.26 Å².